The first-order chi connectivity index (χ1) is 5.25. The second kappa shape index (κ2) is 2.31. The van der Waals surface area contributed by atoms with E-state index < -0.39 is 0 Å². The molecule has 2 fully saturated rings. The van der Waals surface area contributed by atoms with Gasteiger partial charge in [0.2, 0.25) is 0 Å². The fraction of sp³-hybridized carbons (Fsp3) is 0.889. The van der Waals surface area contributed by atoms with E-state index in [4.69, 9.17) is 0 Å². The van der Waals surface area contributed by atoms with Crippen molar-refractivity contribution in [1.29, 1.82) is 0 Å². The van der Waals surface area contributed by atoms with E-state index in [0.29, 0.717) is 17.1 Å². The summed E-state index contributed by atoms with van der Waals surface area (Å²) in [4.78, 5) is 11.1. The standard InChI is InChI=1S/C9H15NO/c1-7(11)8-6-9(8)2-4-10-5-3-9/h8,10H,2-6H2,1H3. The predicted octanol–water partition coefficient (Wildman–Crippen LogP) is 0.965. The van der Waals surface area contributed by atoms with Crippen LogP contribution >= 0.6 is 0 Å². The number of nitrogens with one attached hydrogen (secondary N) is 1. The van der Waals surface area contributed by atoms with Crippen molar-refractivity contribution in [3.8, 4) is 0 Å². The van der Waals surface area contributed by atoms with Crippen molar-refractivity contribution in [1.82, 2.24) is 5.32 Å². The molecule has 2 aliphatic rings. The number of carbonyl (C=O) groups excluding carboxylic acids is 1. The monoisotopic (exact) mass is 153 g/mol. The Balaban J connectivity index is 1.99. The van der Waals surface area contributed by atoms with Crippen LogP contribution in [0.5, 0.6) is 0 Å². The Bertz CT molecular complexity index is 182. The summed E-state index contributed by atoms with van der Waals surface area (Å²) < 4.78 is 0. The van der Waals surface area contributed by atoms with Gasteiger partial charge in [0.15, 0.2) is 0 Å². The second-order valence-corrected chi connectivity index (χ2v) is 3.98. The molecule has 1 aliphatic heterocycles. The molecule has 2 nitrogen and oxygen atoms in total. The van der Waals surface area contributed by atoms with E-state index in [0.717, 1.165) is 13.1 Å². The van der Waals surface area contributed by atoms with E-state index in [1.807, 2.05) is 0 Å². The molecule has 1 N–H and O–H groups in total. The minimum absolute atomic E-state index is 0.409. The molecule has 1 aliphatic carbocycles. The number of hydrogen-bond acceptors (Lipinski definition) is 2. The molecule has 2 rings (SSSR count). The maximum atomic E-state index is 11.1. The highest BCUT2D eigenvalue weighted by molar-refractivity contribution is 5.82. The van der Waals surface area contributed by atoms with Gasteiger partial charge >= 0.3 is 0 Å². The summed E-state index contributed by atoms with van der Waals surface area (Å²) in [7, 11) is 0. The van der Waals surface area contributed by atoms with Gasteiger partial charge in [0.1, 0.15) is 5.78 Å². The fourth-order valence-electron chi connectivity index (χ4n) is 2.40. The van der Waals surface area contributed by atoms with E-state index in [9.17, 15) is 4.79 Å². The lowest BCUT2D eigenvalue weighted by atomic mass is 9.91. The molecule has 1 saturated heterocycles. The molecule has 0 aromatic heterocycles. The van der Waals surface area contributed by atoms with E-state index in [1.165, 1.54) is 19.3 Å². The fourth-order valence-corrected chi connectivity index (χ4v) is 2.40. The molecule has 2 heteroatoms. The molecule has 1 spiro atoms. The summed E-state index contributed by atoms with van der Waals surface area (Å²) in [5, 5.41) is 3.33. The summed E-state index contributed by atoms with van der Waals surface area (Å²) in [6, 6.07) is 0. The lowest BCUT2D eigenvalue weighted by Gasteiger charge is -2.22. The van der Waals surface area contributed by atoms with Crippen LogP contribution in [-0.4, -0.2) is 18.9 Å². The van der Waals surface area contributed by atoms with Crippen LogP contribution in [0.3, 0.4) is 0 Å². The molecule has 0 aromatic carbocycles. The van der Waals surface area contributed by atoms with Gasteiger partial charge in [-0.05, 0) is 44.7 Å². The van der Waals surface area contributed by atoms with Crippen LogP contribution < -0.4 is 5.32 Å². The van der Waals surface area contributed by atoms with Crippen molar-refractivity contribution >= 4 is 5.78 Å². The lowest BCUT2D eigenvalue weighted by molar-refractivity contribution is -0.119. The molecule has 1 atom stereocenters. The zero-order valence-corrected chi connectivity index (χ0v) is 7.02. The third-order valence-electron chi connectivity index (χ3n) is 3.28. The molecular formula is C9H15NO. The minimum Gasteiger partial charge on any atom is -0.317 e. The van der Waals surface area contributed by atoms with Gasteiger partial charge in [-0.2, -0.15) is 0 Å². The average molecular weight is 153 g/mol. The Hall–Kier alpha value is -0.370. The first kappa shape index (κ1) is 7.29. The highest BCUT2D eigenvalue weighted by Crippen LogP contribution is 2.58. The van der Waals surface area contributed by atoms with Gasteiger partial charge in [-0.3, -0.25) is 4.79 Å². The summed E-state index contributed by atoms with van der Waals surface area (Å²) in [6.45, 7) is 3.97. The van der Waals surface area contributed by atoms with Crippen LogP contribution in [0.1, 0.15) is 26.2 Å². The van der Waals surface area contributed by atoms with Crippen LogP contribution in [-0.2, 0) is 4.79 Å². The molecule has 0 radical (unpaired) electrons. The van der Waals surface area contributed by atoms with Gasteiger partial charge in [-0.1, -0.05) is 0 Å². The molecule has 62 valence electrons. The van der Waals surface area contributed by atoms with Gasteiger partial charge < -0.3 is 5.32 Å². The molecule has 0 bridgehead atoms. The van der Waals surface area contributed by atoms with Gasteiger partial charge in [0, 0.05) is 5.92 Å². The van der Waals surface area contributed by atoms with Crippen molar-refractivity contribution in [2.24, 2.45) is 11.3 Å². The number of ketones is 1. The van der Waals surface area contributed by atoms with Crippen molar-refractivity contribution in [2.45, 2.75) is 26.2 Å². The van der Waals surface area contributed by atoms with Crippen LogP contribution in [0.2, 0.25) is 0 Å². The largest absolute Gasteiger partial charge is 0.317 e. The number of hydrogen-bond donors (Lipinski definition) is 1. The predicted molar refractivity (Wildman–Crippen MR) is 43.3 cm³/mol. The third kappa shape index (κ3) is 1.09. The third-order valence-corrected chi connectivity index (χ3v) is 3.28. The van der Waals surface area contributed by atoms with E-state index >= 15 is 0 Å². The summed E-state index contributed by atoms with van der Waals surface area (Å²) in [6.07, 6.45) is 3.61. The van der Waals surface area contributed by atoms with Crippen LogP contribution in [0.4, 0.5) is 0 Å². The van der Waals surface area contributed by atoms with E-state index in [-0.39, 0.29) is 0 Å². The zero-order valence-electron chi connectivity index (χ0n) is 7.02. The second-order valence-electron chi connectivity index (χ2n) is 3.98. The molecule has 0 amide bonds. The Morgan fingerprint density at radius 1 is 1.45 bits per heavy atom. The average Bonchev–Trinajstić information content (AvgIpc) is 2.66. The minimum atomic E-state index is 0.409. The first-order valence-corrected chi connectivity index (χ1v) is 4.46. The molecule has 11 heavy (non-hydrogen) atoms. The SMILES string of the molecule is CC(=O)C1CC12CCNCC2. The molecular weight excluding hydrogens is 138 g/mol. The van der Waals surface area contributed by atoms with Crippen LogP contribution in [0.25, 0.3) is 0 Å². The zero-order chi connectivity index (χ0) is 7.90. The molecule has 0 aromatic rings. The Morgan fingerprint density at radius 3 is 2.55 bits per heavy atom. The summed E-state index contributed by atoms with van der Waals surface area (Å²) in [5.74, 6) is 0.830. The van der Waals surface area contributed by atoms with Crippen molar-refractivity contribution < 1.29 is 4.79 Å². The lowest BCUT2D eigenvalue weighted by Crippen LogP contribution is -2.30. The topological polar surface area (TPSA) is 29.1 Å². The Labute approximate surface area is 67.4 Å². The van der Waals surface area contributed by atoms with E-state index in [2.05, 4.69) is 5.32 Å². The Kier molecular flexibility index (Phi) is 1.53. The normalized spacial score (nSPS) is 33.7. The maximum Gasteiger partial charge on any atom is 0.133 e. The highest BCUT2D eigenvalue weighted by atomic mass is 16.1. The summed E-state index contributed by atoms with van der Waals surface area (Å²) >= 11 is 0. The van der Waals surface area contributed by atoms with Crippen molar-refractivity contribution in [3.63, 3.8) is 0 Å². The van der Waals surface area contributed by atoms with Crippen LogP contribution in [0, 0.1) is 11.3 Å². The van der Waals surface area contributed by atoms with Crippen molar-refractivity contribution in [2.75, 3.05) is 13.1 Å². The van der Waals surface area contributed by atoms with Gasteiger partial charge in [-0.25, -0.2) is 0 Å². The number of Topliss-reactive ketones (excluding diaryl/α,β-unsaturated/α-hetero) is 1. The smallest absolute Gasteiger partial charge is 0.133 e. The quantitative estimate of drug-likeness (QED) is 0.608. The molecule has 1 unspecified atom stereocenters. The highest BCUT2D eigenvalue weighted by Gasteiger charge is 2.55. The molecule has 1 heterocycles. The summed E-state index contributed by atoms with van der Waals surface area (Å²) in [5.41, 5.74) is 0.455. The van der Waals surface area contributed by atoms with Gasteiger partial charge in [0.25, 0.3) is 0 Å². The number of rotatable bonds is 1. The Morgan fingerprint density at radius 2 is 2.09 bits per heavy atom. The van der Waals surface area contributed by atoms with E-state index in [1.54, 1.807) is 6.92 Å². The number of piperidine rings is 1. The first-order valence-electron chi connectivity index (χ1n) is 4.46. The van der Waals surface area contributed by atoms with Crippen LogP contribution in [0.15, 0.2) is 0 Å². The van der Waals surface area contributed by atoms with Gasteiger partial charge in [0.05, 0.1) is 0 Å². The molecule has 1 saturated carbocycles. The maximum absolute atomic E-state index is 11.1. The van der Waals surface area contributed by atoms with Crippen molar-refractivity contribution in [3.05, 3.63) is 0 Å². The number of carbonyl (C=O) groups is 1. The van der Waals surface area contributed by atoms with Gasteiger partial charge in [-0.15, -0.1) is 0 Å².